The molecular formula is C12H20F6O. The van der Waals surface area contributed by atoms with E-state index in [1.165, 1.54) is 0 Å². The van der Waals surface area contributed by atoms with Gasteiger partial charge in [0.25, 0.3) is 0 Å². The van der Waals surface area contributed by atoms with Crippen LogP contribution in [0.25, 0.3) is 0 Å². The first-order chi connectivity index (χ1) is 8.62. The normalized spacial score (nSPS) is 16.4. The zero-order chi connectivity index (χ0) is 15.1. The van der Waals surface area contributed by atoms with Crippen LogP contribution in [-0.2, 0) is 4.74 Å². The van der Waals surface area contributed by atoms with Gasteiger partial charge in [0.05, 0.1) is 0 Å². The molecule has 0 N–H and O–H groups in total. The third-order valence-electron chi connectivity index (χ3n) is 2.70. The van der Waals surface area contributed by atoms with E-state index in [2.05, 4.69) is 4.74 Å². The fourth-order valence-electron chi connectivity index (χ4n) is 1.60. The zero-order valence-electron chi connectivity index (χ0n) is 11.1. The lowest BCUT2D eigenvalue weighted by atomic mass is 10.1. The SMILES string of the molecule is CCCCC(OC(CCCC)C(F)(F)F)C(F)(F)F. The van der Waals surface area contributed by atoms with Crippen LogP contribution in [0.15, 0.2) is 0 Å². The van der Waals surface area contributed by atoms with Crippen molar-refractivity contribution in [2.45, 2.75) is 76.9 Å². The van der Waals surface area contributed by atoms with Gasteiger partial charge in [-0.2, -0.15) is 26.3 Å². The summed E-state index contributed by atoms with van der Waals surface area (Å²) in [5.41, 5.74) is 0. The lowest BCUT2D eigenvalue weighted by Crippen LogP contribution is -2.41. The first-order valence-electron chi connectivity index (χ1n) is 6.41. The van der Waals surface area contributed by atoms with E-state index in [1.54, 1.807) is 13.8 Å². The Morgan fingerprint density at radius 3 is 1.26 bits per heavy atom. The number of rotatable bonds is 8. The van der Waals surface area contributed by atoms with Gasteiger partial charge in [0.15, 0.2) is 12.2 Å². The Labute approximate surface area is 109 Å². The van der Waals surface area contributed by atoms with Crippen molar-refractivity contribution in [3.8, 4) is 0 Å². The molecule has 0 aliphatic heterocycles. The predicted octanol–water partition coefficient (Wildman–Crippen LogP) is 5.25. The van der Waals surface area contributed by atoms with Crippen LogP contribution in [0.1, 0.15) is 52.4 Å². The molecule has 2 atom stereocenters. The van der Waals surface area contributed by atoms with Gasteiger partial charge in [0.1, 0.15) is 0 Å². The third-order valence-corrected chi connectivity index (χ3v) is 2.70. The molecule has 116 valence electrons. The standard InChI is InChI=1S/C12H20F6O/c1-3-5-7-9(11(13,14)15)19-10(8-6-4-2)12(16,17)18/h9-10H,3-8H2,1-2H3. The number of ether oxygens (including phenoxy) is 1. The molecule has 0 saturated carbocycles. The highest BCUT2D eigenvalue weighted by molar-refractivity contribution is 4.75. The molecule has 19 heavy (non-hydrogen) atoms. The third kappa shape index (κ3) is 7.64. The molecule has 0 aliphatic carbocycles. The van der Waals surface area contributed by atoms with E-state index < -0.39 is 37.4 Å². The van der Waals surface area contributed by atoms with Gasteiger partial charge in [0.2, 0.25) is 0 Å². The van der Waals surface area contributed by atoms with Gasteiger partial charge >= 0.3 is 12.4 Å². The van der Waals surface area contributed by atoms with Crippen molar-refractivity contribution in [2.75, 3.05) is 0 Å². The monoisotopic (exact) mass is 294 g/mol. The summed E-state index contributed by atoms with van der Waals surface area (Å²) in [5, 5.41) is 0. The van der Waals surface area contributed by atoms with E-state index >= 15 is 0 Å². The van der Waals surface area contributed by atoms with Gasteiger partial charge in [0, 0.05) is 0 Å². The van der Waals surface area contributed by atoms with E-state index in [9.17, 15) is 26.3 Å². The zero-order valence-corrected chi connectivity index (χ0v) is 11.1. The molecule has 0 saturated heterocycles. The van der Waals surface area contributed by atoms with Crippen LogP contribution in [0.5, 0.6) is 0 Å². The minimum absolute atomic E-state index is 0.183. The fourth-order valence-corrected chi connectivity index (χ4v) is 1.60. The van der Waals surface area contributed by atoms with E-state index in [-0.39, 0.29) is 12.8 Å². The molecule has 2 unspecified atom stereocenters. The molecule has 0 spiro atoms. The molecule has 0 amide bonds. The first kappa shape index (κ1) is 18.5. The Balaban J connectivity index is 4.72. The topological polar surface area (TPSA) is 9.23 Å². The molecule has 0 aromatic carbocycles. The van der Waals surface area contributed by atoms with E-state index in [0.29, 0.717) is 12.8 Å². The largest absolute Gasteiger partial charge is 0.414 e. The molecular weight excluding hydrogens is 274 g/mol. The van der Waals surface area contributed by atoms with Crippen molar-refractivity contribution in [2.24, 2.45) is 0 Å². The average Bonchev–Trinajstić information content (AvgIpc) is 2.24. The smallest absolute Gasteiger partial charge is 0.356 e. The Morgan fingerprint density at radius 1 is 0.737 bits per heavy atom. The van der Waals surface area contributed by atoms with Crippen LogP contribution in [-0.4, -0.2) is 24.6 Å². The van der Waals surface area contributed by atoms with Crippen molar-refractivity contribution in [1.29, 1.82) is 0 Å². The Bertz CT molecular complexity index is 211. The van der Waals surface area contributed by atoms with Gasteiger partial charge in [-0.05, 0) is 12.8 Å². The van der Waals surface area contributed by atoms with Crippen molar-refractivity contribution in [3.63, 3.8) is 0 Å². The van der Waals surface area contributed by atoms with E-state index in [1.807, 2.05) is 0 Å². The number of alkyl halides is 6. The summed E-state index contributed by atoms with van der Waals surface area (Å²) in [5.74, 6) is 0. The Kier molecular flexibility index (Phi) is 7.78. The van der Waals surface area contributed by atoms with Crippen LogP contribution in [0.3, 0.4) is 0 Å². The highest BCUT2D eigenvalue weighted by Gasteiger charge is 2.47. The first-order valence-corrected chi connectivity index (χ1v) is 6.41. The number of hydrogen-bond donors (Lipinski definition) is 0. The summed E-state index contributed by atoms with van der Waals surface area (Å²) in [7, 11) is 0. The lowest BCUT2D eigenvalue weighted by molar-refractivity contribution is -0.288. The fraction of sp³-hybridized carbons (Fsp3) is 1.00. The second-order valence-electron chi connectivity index (χ2n) is 4.48. The molecule has 0 rings (SSSR count). The van der Waals surface area contributed by atoms with Gasteiger partial charge in [-0.3, -0.25) is 0 Å². The molecule has 0 fully saturated rings. The Morgan fingerprint density at radius 2 is 1.05 bits per heavy atom. The van der Waals surface area contributed by atoms with Crippen molar-refractivity contribution < 1.29 is 31.1 Å². The summed E-state index contributed by atoms with van der Waals surface area (Å²) in [6.45, 7) is 3.34. The maximum Gasteiger partial charge on any atom is 0.414 e. The van der Waals surface area contributed by atoms with Gasteiger partial charge in [-0.25, -0.2) is 0 Å². The second-order valence-corrected chi connectivity index (χ2v) is 4.48. The van der Waals surface area contributed by atoms with Crippen molar-refractivity contribution in [3.05, 3.63) is 0 Å². The molecule has 7 heteroatoms. The maximum absolute atomic E-state index is 12.6. The molecule has 0 aromatic heterocycles. The summed E-state index contributed by atoms with van der Waals surface area (Å²) < 4.78 is 80.1. The second kappa shape index (κ2) is 7.97. The average molecular weight is 294 g/mol. The quantitative estimate of drug-likeness (QED) is 0.556. The minimum atomic E-state index is -4.76. The molecule has 0 aromatic rings. The molecule has 1 nitrogen and oxygen atoms in total. The highest BCUT2D eigenvalue weighted by Crippen LogP contribution is 2.34. The van der Waals surface area contributed by atoms with Crippen LogP contribution in [0, 0.1) is 0 Å². The number of halogens is 6. The van der Waals surface area contributed by atoms with E-state index in [4.69, 9.17) is 0 Å². The molecule has 0 heterocycles. The van der Waals surface area contributed by atoms with Crippen LogP contribution >= 0.6 is 0 Å². The lowest BCUT2D eigenvalue weighted by Gasteiger charge is -2.28. The van der Waals surface area contributed by atoms with Crippen molar-refractivity contribution in [1.82, 2.24) is 0 Å². The summed E-state index contributed by atoms with van der Waals surface area (Å²) >= 11 is 0. The summed E-state index contributed by atoms with van der Waals surface area (Å²) in [6.07, 6.45) is -13.7. The predicted molar refractivity (Wildman–Crippen MR) is 59.8 cm³/mol. The summed E-state index contributed by atoms with van der Waals surface area (Å²) in [6, 6.07) is 0. The van der Waals surface area contributed by atoms with Gasteiger partial charge in [-0.15, -0.1) is 0 Å². The summed E-state index contributed by atoms with van der Waals surface area (Å²) in [4.78, 5) is 0. The van der Waals surface area contributed by atoms with Crippen LogP contribution < -0.4 is 0 Å². The van der Waals surface area contributed by atoms with Gasteiger partial charge in [-0.1, -0.05) is 39.5 Å². The number of unbranched alkanes of at least 4 members (excludes halogenated alkanes) is 2. The molecule has 0 radical (unpaired) electrons. The number of hydrogen-bond acceptors (Lipinski definition) is 1. The van der Waals surface area contributed by atoms with Gasteiger partial charge < -0.3 is 4.74 Å². The Hall–Kier alpha value is -0.460. The van der Waals surface area contributed by atoms with Crippen LogP contribution in [0.2, 0.25) is 0 Å². The maximum atomic E-state index is 12.6. The van der Waals surface area contributed by atoms with Crippen molar-refractivity contribution >= 4 is 0 Å². The minimum Gasteiger partial charge on any atom is -0.356 e. The molecule has 0 aliphatic rings. The highest BCUT2D eigenvalue weighted by atomic mass is 19.4. The van der Waals surface area contributed by atoms with E-state index in [0.717, 1.165) is 0 Å². The van der Waals surface area contributed by atoms with Crippen LogP contribution in [0.4, 0.5) is 26.3 Å². The molecule has 0 bridgehead atoms.